The first kappa shape index (κ1) is 23.7. The van der Waals surface area contributed by atoms with Crippen LogP contribution in [-0.4, -0.2) is 65.2 Å². The monoisotopic (exact) mass is 460 g/mol. The average Bonchev–Trinajstić information content (AvgIpc) is 3.15. The molecular weight excluding hydrogens is 428 g/mol. The molecule has 7 nitrogen and oxygen atoms in total. The number of likely N-dealkylation sites (N-methyl/N-ethyl adjacent to an activating group) is 1. The smallest absolute Gasteiger partial charge is 0.305 e. The molecule has 1 amide bonds. The molecule has 1 aliphatic rings. The van der Waals surface area contributed by atoms with Gasteiger partial charge in [0.15, 0.2) is 0 Å². The minimum atomic E-state index is -0.230. The number of piperazine rings is 1. The van der Waals surface area contributed by atoms with Crippen molar-refractivity contribution in [3.63, 3.8) is 0 Å². The fraction of sp³-hybridized carbons (Fsp3) is 0.370. The van der Waals surface area contributed by atoms with Crippen LogP contribution in [0, 0.1) is 13.8 Å². The number of rotatable bonds is 6. The number of hydrogen-bond acceptors (Lipinski definition) is 5. The summed E-state index contributed by atoms with van der Waals surface area (Å²) in [6, 6.07) is 17.9. The van der Waals surface area contributed by atoms with Crippen molar-refractivity contribution in [3.05, 3.63) is 82.7 Å². The Morgan fingerprint density at radius 1 is 1.03 bits per heavy atom. The molecule has 1 aliphatic heterocycles. The molecule has 0 radical (unpaired) electrons. The molecule has 1 fully saturated rings. The third kappa shape index (κ3) is 4.89. The van der Waals surface area contributed by atoms with Crippen LogP contribution in [0.4, 0.5) is 0 Å². The number of methoxy groups -OCH3 is 1. The number of carbonyl (C=O) groups excluding carboxylic acids is 2. The highest BCUT2D eigenvalue weighted by Gasteiger charge is 2.30. The molecule has 1 aromatic heterocycles. The molecule has 178 valence electrons. The van der Waals surface area contributed by atoms with Crippen LogP contribution in [0.3, 0.4) is 0 Å². The third-order valence-electron chi connectivity index (χ3n) is 6.64. The maximum Gasteiger partial charge on any atom is 0.305 e. The quantitative estimate of drug-likeness (QED) is 0.525. The van der Waals surface area contributed by atoms with Crippen molar-refractivity contribution in [2.45, 2.75) is 32.7 Å². The Morgan fingerprint density at radius 2 is 1.74 bits per heavy atom. The number of amides is 1. The van der Waals surface area contributed by atoms with Gasteiger partial charge >= 0.3 is 5.97 Å². The summed E-state index contributed by atoms with van der Waals surface area (Å²) >= 11 is 0. The van der Waals surface area contributed by atoms with Gasteiger partial charge in [-0.1, -0.05) is 30.3 Å². The van der Waals surface area contributed by atoms with E-state index in [2.05, 4.69) is 29.2 Å². The molecule has 1 saturated heterocycles. The first-order chi connectivity index (χ1) is 16.4. The van der Waals surface area contributed by atoms with Gasteiger partial charge in [0.2, 0.25) is 0 Å². The van der Waals surface area contributed by atoms with Crippen molar-refractivity contribution in [2.24, 2.45) is 0 Å². The van der Waals surface area contributed by atoms with E-state index in [4.69, 9.17) is 4.74 Å². The number of carbonyl (C=O) groups is 2. The van der Waals surface area contributed by atoms with E-state index in [-0.39, 0.29) is 17.9 Å². The fourth-order valence-corrected chi connectivity index (χ4v) is 4.65. The van der Waals surface area contributed by atoms with E-state index in [1.165, 1.54) is 7.11 Å². The molecule has 3 aromatic rings. The van der Waals surface area contributed by atoms with Crippen molar-refractivity contribution >= 4 is 11.9 Å². The van der Waals surface area contributed by atoms with Gasteiger partial charge < -0.3 is 14.5 Å². The van der Waals surface area contributed by atoms with Gasteiger partial charge in [-0.3, -0.25) is 9.59 Å². The van der Waals surface area contributed by atoms with Gasteiger partial charge in [-0.05, 0) is 62.7 Å². The maximum atomic E-state index is 13.5. The zero-order valence-corrected chi connectivity index (χ0v) is 20.3. The summed E-state index contributed by atoms with van der Waals surface area (Å²) in [5.74, 6) is -0.187. The predicted octanol–water partition coefficient (Wildman–Crippen LogP) is 3.72. The van der Waals surface area contributed by atoms with E-state index in [0.717, 1.165) is 41.3 Å². The first-order valence-electron chi connectivity index (χ1n) is 11.7. The lowest BCUT2D eigenvalue weighted by Crippen LogP contribution is -2.49. The van der Waals surface area contributed by atoms with Crippen LogP contribution in [0.25, 0.3) is 5.69 Å². The SMILES string of the molecule is COC(=O)CCc1c(C)nn(-c2ccc(C(=O)N3CCN(C)C[C@@H]3c3ccccc3)cc2)c1C. The normalized spacial score (nSPS) is 16.5. The Labute approximate surface area is 200 Å². The molecule has 4 rings (SSSR count). The van der Waals surface area contributed by atoms with E-state index in [1.54, 1.807) is 0 Å². The molecule has 0 unspecified atom stereocenters. The minimum Gasteiger partial charge on any atom is -0.469 e. The van der Waals surface area contributed by atoms with E-state index in [9.17, 15) is 9.59 Å². The number of hydrogen-bond donors (Lipinski definition) is 0. The van der Waals surface area contributed by atoms with Gasteiger partial charge in [-0.25, -0.2) is 4.68 Å². The average molecular weight is 461 g/mol. The Bertz CT molecular complexity index is 1150. The zero-order chi connectivity index (χ0) is 24.2. The van der Waals surface area contributed by atoms with Crippen LogP contribution < -0.4 is 0 Å². The number of nitrogens with zero attached hydrogens (tertiary/aromatic N) is 4. The summed E-state index contributed by atoms with van der Waals surface area (Å²) in [5.41, 5.74) is 5.64. The molecule has 7 heteroatoms. The Hall–Kier alpha value is -3.45. The van der Waals surface area contributed by atoms with Crippen LogP contribution >= 0.6 is 0 Å². The molecule has 1 atom stereocenters. The standard InChI is InChI=1S/C27H32N4O3/c1-19-24(14-15-26(32)34-4)20(2)31(28-19)23-12-10-22(11-13-23)27(33)30-17-16-29(3)18-25(30)21-8-6-5-7-9-21/h5-13,25H,14-18H2,1-4H3/t25-/m1/s1. The minimum absolute atomic E-state index is 0.0282. The van der Waals surface area contributed by atoms with Crippen LogP contribution in [0.5, 0.6) is 0 Å². The summed E-state index contributed by atoms with van der Waals surface area (Å²) in [7, 11) is 3.50. The van der Waals surface area contributed by atoms with Crippen LogP contribution in [0.1, 0.15) is 45.3 Å². The van der Waals surface area contributed by atoms with Crippen molar-refractivity contribution in [1.82, 2.24) is 19.6 Å². The number of aryl methyl sites for hydroxylation is 1. The predicted molar refractivity (Wildman–Crippen MR) is 131 cm³/mol. The molecule has 0 saturated carbocycles. The number of benzene rings is 2. The Balaban J connectivity index is 1.54. The molecule has 0 spiro atoms. The van der Waals surface area contributed by atoms with Crippen LogP contribution in [-0.2, 0) is 16.0 Å². The summed E-state index contributed by atoms with van der Waals surface area (Å²) < 4.78 is 6.64. The van der Waals surface area contributed by atoms with Gasteiger partial charge in [0.25, 0.3) is 5.91 Å². The lowest BCUT2D eigenvalue weighted by Gasteiger charge is -2.40. The number of ether oxygens (including phenoxy) is 1. The van der Waals surface area contributed by atoms with Crippen molar-refractivity contribution < 1.29 is 14.3 Å². The van der Waals surface area contributed by atoms with Crippen molar-refractivity contribution in [1.29, 1.82) is 0 Å². The lowest BCUT2D eigenvalue weighted by atomic mass is 10.0. The van der Waals surface area contributed by atoms with Gasteiger partial charge in [0.1, 0.15) is 0 Å². The van der Waals surface area contributed by atoms with E-state index in [1.807, 2.05) is 65.9 Å². The van der Waals surface area contributed by atoms with Crippen molar-refractivity contribution in [2.75, 3.05) is 33.8 Å². The summed E-state index contributed by atoms with van der Waals surface area (Å²) in [6.45, 7) is 6.31. The highest BCUT2D eigenvalue weighted by molar-refractivity contribution is 5.94. The lowest BCUT2D eigenvalue weighted by molar-refractivity contribution is -0.140. The summed E-state index contributed by atoms with van der Waals surface area (Å²) in [6.07, 6.45) is 0.913. The third-order valence-corrected chi connectivity index (χ3v) is 6.64. The molecule has 2 heterocycles. The maximum absolute atomic E-state index is 13.5. The Morgan fingerprint density at radius 3 is 2.41 bits per heavy atom. The second-order valence-corrected chi connectivity index (χ2v) is 8.87. The first-order valence-corrected chi connectivity index (χ1v) is 11.7. The molecular formula is C27H32N4O3. The van der Waals surface area contributed by atoms with Gasteiger partial charge in [-0.15, -0.1) is 0 Å². The largest absolute Gasteiger partial charge is 0.469 e. The van der Waals surface area contributed by atoms with E-state index >= 15 is 0 Å². The van der Waals surface area contributed by atoms with Gasteiger partial charge in [-0.2, -0.15) is 5.10 Å². The van der Waals surface area contributed by atoms with Gasteiger partial charge in [0, 0.05) is 37.3 Å². The molecule has 2 aromatic carbocycles. The number of aromatic nitrogens is 2. The second-order valence-electron chi connectivity index (χ2n) is 8.87. The topological polar surface area (TPSA) is 67.7 Å². The van der Waals surface area contributed by atoms with Crippen LogP contribution in [0.15, 0.2) is 54.6 Å². The van der Waals surface area contributed by atoms with Crippen molar-refractivity contribution in [3.8, 4) is 5.69 Å². The molecule has 0 aliphatic carbocycles. The zero-order valence-electron chi connectivity index (χ0n) is 20.3. The van der Waals surface area contributed by atoms with E-state index in [0.29, 0.717) is 24.9 Å². The summed E-state index contributed by atoms with van der Waals surface area (Å²) in [4.78, 5) is 29.3. The van der Waals surface area contributed by atoms with E-state index < -0.39 is 0 Å². The molecule has 0 N–H and O–H groups in total. The highest BCUT2D eigenvalue weighted by Crippen LogP contribution is 2.27. The summed E-state index contributed by atoms with van der Waals surface area (Å²) in [5, 5.41) is 4.67. The Kier molecular flexibility index (Phi) is 7.12. The molecule has 34 heavy (non-hydrogen) atoms. The fourth-order valence-electron chi connectivity index (χ4n) is 4.65. The van der Waals surface area contributed by atoms with Crippen LogP contribution in [0.2, 0.25) is 0 Å². The second kappa shape index (κ2) is 10.2. The molecule has 0 bridgehead atoms. The van der Waals surface area contributed by atoms with Gasteiger partial charge in [0.05, 0.1) is 24.5 Å². The number of esters is 1. The highest BCUT2D eigenvalue weighted by atomic mass is 16.5.